The van der Waals surface area contributed by atoms with Gasteiger partial charge in [0.2, 0.25) is 5.91 Å². The van der Waals surface area contributed by atoms with E-state index in [1.807, 2.05) is 13.0 Å². The van der Waals surface area contributed by atoms with Gasteiger partial charge in [-0.2, -0.15) is 5.26 Å². The highest BCUT2D eigenvalue weighted by molar-refractivity contribution is 8.00. The lowest BCUT2D eigenvalue weighted by atomic mass is 10.1. The van der Waals surface area contributed by atoms with Crippen molar-refractivity contribution in [1.29, 1.82) is 5.26 Å². The number of nitrogens with one attached hydrogen (secondary N) is 2. The van der Waals surface area contributed by atoms with Gasteiger partial charge in [-0.15, -0.1) is 0 Å². The van der Waals surface area contributed by atoms with Gasteiger partial charge in [0.25, 0.3) is 5.56 Å². The molecule has 0 saturated heterocycles. The van der Waals surface area contributed by atoms with Crippen LogP contribution in [0, 0.1) is 11.3 Å². The van der Waals surface area contributed by atoms with E-state index in [0.29, 0.717) is 29.0 Å². The molecule has 1 amide bonds. The fourth-order valence-electron chi connectivity index (χ4n) is 3.09. The highest BCUT2D eigenvalue weighted by Crippen LogP contribution is 2.28. The van der Waals surface area contributed by atoms with E-state index in [4.69, 9.17) is 4.74 Å². The number of aromatic amines is 1. The van der Waals surface area contributed by atoms with Crippen molar-refractivity contribution in [1.82, 2.24) is 9.97 Å². The smallest absolute Gasteiger partial charge is 0.270 e. The molecule has 0 aliphatic carbocycles. The van der Waals surface area contributed by atoms with E-state index in [1.165, 1.54) is 14.0 Å². The zero-order valence-electron chi connectivity index (χ0n) is 18.3. The average molecular weight is 463 g/mol. The maximum atomic E-state index is 12.9. The number of hydrogen-bond acceptors (Lipinski definition) is 7. The molecule has 8 nitrogen and oxygen atoms in total. The van der Waals surface area contributed by atoms with Gasteiger partial charge in [-0.05, 0) is 37.6 Å². The van der Waals surface area contributed by atoms with Crippen LogP contribution in [-0.2, 0) is 4.79 Å². The largest absolute Gasteiger partial charge is 0.497 e. The number of Topliss-reactive ketones (excluding diaryl/α,β-unsaturated/α-hetero) is 1. The van der Waals surface area contributed by atoms with Gasteiger partial charge in [0.1, 0.15) is 17.4 Å². The number of H-pyrrole nitrogens is 1. The predicted molar refractivity (Wildman–Crippen MR) is 127 cm³/mol. The molecular formula is C24H22N4O4S. The van der Waals surface area contributed by atoms with Crippen molar-refractivity contribution in [2.24, 2.45) is 0 Å². The Balaban J connectivity index is 1.89. The normalized spacial score (nSPS) is 11.3. The molecule has 9 heteroatoms. The summed E-state index contributed by atoms with van der Waals surface area (Å²) in [4.78, 5) is 44.1. The lowest BCUT2D eigenvalue weighted by Crippen LogP contribution is -2.25. The summed E-state index contributed by atoms with van der Waals surface area (Å²) in [6.45, 7) is 3.30. The van der Waals surface area contributed by atoms with Crippen LogP contribution in [0.25, 0.3) is 11.3 Å². The van der Waals surface area contributed by atoms with E-state index in [2.05, 4.69) is 15.3 Å². The summed E-state index contributed by atoms with van der Waals surface area (Å²) in [6, 6.07) is 15.5. The number of carbonyl (C=O) groups excluding carboxylic acids is 2. The van der Waals surface area contributed by atoms with Crippen molar-refractivity contribution < 1.29 is 14.3 Å². The second-order valence-corrected chi connectivity index (χ2v) is 8.27. The second-order valence-electron chi connectivity index (χ2n) is 7.08. The molecule has 0 aliphatic rings. The molecule has 168 valence electrons. The first kappa shape index (κ1) is 23.8. The number of amides is 1. The summed E-state index contributed by atoms with van der Waals surface area (Å²) in [5, 5.41) is 11.9. The Kier molecular flexibility index (Phi) is 7.64. The van der Waals surface area contributed by atoms with E-state index >= 15 is 0 Å². The van der Waals surface area contributed by atoms with E-state index in [0.717, 1.165) is 11.8 Å². The number of anilines is 1. The number of ketones is 1. The fraction of sp³-hybridized carbons (Fsp3) is 0.208. The molecule has 1 heterocycles. The second kappa shape index (κ2) is 10.6. The van der Waals surface area contributed by atoms with Gasteiger partial charge in [-0.1, -0.05) is 43.0 Å². The third kappa shape index (κ3) is 5.67. The minimum Gasteiger partial charge on any atom is -0.497 e. The third-order valence-electron chi connectivity index (χ3n) is 4.81. The standard InChI is InChI=1S/C24H22N4O4S/c1-4-20(23(31)26-17-9-5-7-15(11-17)14(2)29)33-24-27-21(19(13-25)22(30)28-24)16-8-6-10-18(12-16)32-3/h5-12,20H,4H2,1-3H3,(H,26,31)(H,27,28,30)/t20-/m1/s1. The van der Waals surface area contributed by atoms with Crippen LogP contribution in [0.5, 0.6) is 5.75 Å². The molecule has 0 radical (unpaired) electrons. The van der Waals surface area contributed by atoms with Crippen LogP contribution >= 0.6 is 11.8 Å². The van der Waals surface area contributed by atoms with Crippen molar-refractivity contribution in [2.45, 2.75) is 30.7 Å². The maximum Gasteiger partial charge on any atom is 0.270 e. The van der Waals surface area contributed by atoms with Gasteiger partial charge in [0.05, 0.1) is 18.1 Å². The summed E-state index contributed by atoms with van der Waals surface area (Å²) >= 11 is 1.09. The van der Waals surface area contributed by atoms with Crippen LogP contribution in [0.4, 0.5) is 5.69 Å². The van der Waals surface area contributed by atoms with E-state index in [1.54, 1.807) is 48.5 Å². The van der Waals surface area contributed by atoms with Crippen molar-refractivity contribution in [3.05, 3.63) is 70.0 Å². The first-order valence-corrected chi connectivity index (χ1v) is 11.0. The fourth-order valence-corrected chi connectivity index (χ4v) is 3.98. The van der Waals surface area contributed by atoms with E-state index in [9.17, 15) is 19.6 Å². The maximum absolute atomic E-state index is 12.9. The van der Waals surface area contributed by atoms with Crippen LogP contribution in [0.1, 0.15) is 36.2 Å². The summed E-state index contributed by atoms with van der Waals surface area (Å²) in [7, 11) is 1.52. The number of hydrogen-bond donors (Lipinski definition) is 2. The summed E-state index contributed by atoms with van der Waals surface area (Å²) in [5.74, 6) is 0.168. The number of benzene rings is 2. The van der Waals surface area contributed by atoms with Gasteiger partial charge in [0.15, 0.2) is 10.9 Å². The van der Waals surface area contributed by atoms with Gasteiger partial charge < -0.3 is 15.0 Å². The number of nitrogens with zero attached hydrogens (tertiary/aromatic N) is 2. The SMILES string of the molecule is CC[C@@H](Sc1nc(-c2cccc(OC)c2)c(C#N)c(=O)[nH]1)C(=O)Nc1cccc(C(C)=O)c1. The molecule has 1 atom stereocenters. The Labute approximate surface area is 195 Å². The van der Waals surface area contributed by atoms with Crippen LogP contribution in [0.2, 0.25) is 0 Å². The molecule has 1 aromatic heterocycles. The number of methoxy groups -OCH3 is 1. The molecule has 3 aromatic rings. The molecule has 0 fully saturated rings. The molecule has 0 spiro atoms. The number of nitriles is 1. The molecule has 0 unspecified atom stereocenters. The number of carbonyl (C=O) groups is 2. The predicted octanol–water partition coefficient (Wildman–Crippen LogP) is 4.03. The highest BCUT2D eigenvalue weighted by atomic mass is 32.2. The van der Waals surface area contributed by atoms with Crippen molar-refractivity contribution >= 4 is 29.1 Å². The van der Waals surface area contributed by atoms with Gasteiger partial charge >= 0.3 is 0 Å². The minimum atomic E-state index is -0.586. The van der Waals surface area contributed by atoms with E-state index < -0.39 is 10.8 Å². The number of rotatable bonds is 8. The Morgan fingerprint density at radius 2 is 2.00 bits per heavy atom. The van der Waals surface area contributed by atoms with Crippen molar-refractivity contribution in [3.63, 3.8) is 0 Å². The number of ether oxygens (including phenoxy) is 1. The summed E-state index contributed by atoms with van der Waals surface area (Å²) in [6.07, 6.45) is 0.459. The van der Waals surface area contributed by atoms with Crippen LogP contribution in [0.15, 0.2) is 58.5 Å². The quantitative estimate of drug-likeness (QED) is 0.294. The lowest BCUT2D eigenvalue weighted by Gasteiger charge is -2.15. The zero-order chi connectivity index (χ0) is 24.0. The summed E-state index contributed by atoms with van der Waals surface area (Å²) in [5.41, 5.74) is 1.06. The molecule has 0 bridgehead atoms. The molecule has 2 N–H and O–H groups in total. The monoisotopic (exact) mass is 462 g/mol. The molecule has 0 aliphatic heterocycles. The lowest BCUT2D eigenvalue weighted by molar-refractivity contribution is -0.115. The third-order valence-corrected chi connectivity index (χ3v) is 6.05. The van der Waals surface area contributed by atoms with Gasteiger partial charge in [-0.3, -0.25) is 14.4 Å². The number of aromatic nitrogens is 2. The molecule has 0 saturated carbocycles. The first-order chi connectivity index (χ1) is 15.9. The molecule has 3 rings (SSSR count). The Hall–Kier alpha value is -3.90. The van der Waals surface area contributed by atoms with Gasteiger partial charge in [0, 0.05) is 16.8 Å². The van der Waals surface area contributed by atoms with Crippen LogP contribution in [-0.4, -0.2) is 34.0 Å². The first-order valence-electron chi connectivity index (χ1n) is 10.1. The molecular weight excluding hydrogens is 440 g/mol. The Morgan fingerprint density at radius 1 is 1.24 bits per heavy atom. The number of thioether (sulfide) groups is 1. The van der Waals surface area contributed by atoms with Crippen LogP contribution < -0.4 is 15.6 Å². The average Bonchev–Trinajstić information content (AvgIpc) is 2.82. The topological polar surface area (TPSA) is 125 Å². The molecule has 33 heavy (non-hydrogen) atoms. The Bertz CT molecular complexity index is 1300. The van der Waals surface area contributed by atoms with Crippen molar-refractivity contribution in [2.75, 3.05) is 12.4 Å². The molecule has 2 aromatic carbocycles. The summed E-state index contributed by atoms with van der Waals surface area (Å²) < 4.78 is 5.23. The Morgan fingerprint density at radius 3 is 2.67 bits per heavy atom. The highest BCUT2D eigenvalue weighted by Gasteiger charge is 2.22. The minimum absolute atomic E-state index is 0.100. The van der Waals surface area contributed by atoms with Gasteiger partial charge in [-0.25, -0.2) is 4.98 Å². The van der Waals surface area contributed by atoms with Crippen molar-refractivity contribution in [3.8, 4) is 23.1 Å². The van der Waals surface area contributed by atoms with E-state index in [-0.39, 0.29) is 28.1 Å². The zero-order valence-corrected chi connectivity index (χ0v) is 19.2. The van der Waals surface area contributed by atoms with Crippen LogP contribution in [0.3, 0.4) is 0 Å².